The first-order chi connectivity index (χ1) is 9.16. The molecule has 2 unspecified atom stereocenters. The molecule has 3 heteroatoms. The summed E-state index contributed by atoms with van der Waals surface area (Å²) in [6.45, 7) is 7.54. The van der Waals surface area contributed by atoms with Gasteiger partial charge < -0.3 is 5.73 Å². The molecule has 1 aliphatic carbocycles. The summed E-state index contributed by atoms with van der Waals surface area (Å²) < 4.78 is 0. The van der Waals surface area contributed by atoms with Gasteiger partial charge in [-0.1, -0.05) is 19.3 Å². The molecule has 110 valence electrons. The van der Waals surface area contributed by atoms with E-state index >= 15 is 0 Å². The quantitative estimate of drug-likeness (QED) is 0.849. The predicted molar refractivity (Wildman–Crippen MR) is 80.3 cm³/mol. The molecule has 19 heavy (non-hydrogen) atoms. The Bertz CT molecular complexity index is 298. The first-order valence-corrected chi connectivity index (χ1v) is 8.43. The second-order valence-corrected chi connectivity index (χ2v) is 7.31. The molecule has 3 rings (SSSR count). The summed E-state index contributed by atoms with van der Waals surface area (Å²) in [5, 5.41) is 0. The summed E-state index contributed by atoms with van der Waals surface area (Å²) in [6.07, 6.45) is 10.7. The Morgan fingerprint density at radius 3 is 2.68 bits per heavy atom. The molecule has 0 aromatic carbocycles. The molecule has 0 bridgehead atoms. The Labute approximate surface area is 118 Å². The maximum Gasteiger partial charge on any atom is 0.0223 e. The first kappa shape index (κ1) is 13.8. The highest BCUT2D eigenvalue weighted by Crippen LogP contribution is 2.31. The average molecular weight is 265 g/mol. The molecule has 0 aromatic heterocycles. The third kappa shape index (κ3) is 3.14. The zero-order valence-electron chi connectivity index (χ0n) is 12.6. The standard InChI is InChI=1S/C16H31N3/c1-14-12-19-10-5-2-6-15(19)13-18(14)11-9-16(17)7-3-4-8-16/h14-15H,2-13,17H2,1H3. The Morgan fingerprint density at radius 1 is 1.11 bits per heavy atom. The zero-order valence-corrected chi connectivity index (χ0v) is 12.6. The van der Waals surface area contributed by atoms with E-state index in [1.165, 1.54) is 77.5 Å². The molecule has 1 saturated carbocycles. The summed E-state index contributed by atoms with van der Waals surface area (Å²) >= 11 is 0. The van der Waals surface area contributed by atoms with Gasteiger partial charge in [-0.05, 0) is 45.6 Å². The van der Waals surface area contributed by atoms with Crippen LogP contribution in [0.3, 0.4) is 0 Å². The van der Waals surface area contributed by atoms with Crippen LogP contribution in [0.2, 0.25) is 0 Å². The summed E-state index contributed by atoms with van der Waals surface area (Å²) in [7, 11) is 0. The van der Waals surface area contributed by atoms with E-state index in [1.807, 2.05) is 0 Å². The Balaban J connectivity index is 1.52. The van der Waals surface area contributed by atoms with E-state index in [9.17, 15) is 0 Å². The van der Waals surface area contributed by atoms with Crippen molar-refractivity contribution in [3.05, 3.63) is 0 Å². The lowest BCUT2D eigenvalue weighted by atomic mass is 9.92. The molecule has 0 radical (unpaired) electrons. The van der Waals surface area contributed by atoms with Crippen molar-refractivity contribution >= 4 is 0 Å². The van der Waals surface area contributed by atoms with Crippen molar-refractivity contribution in [1.82, 2.24) is 9.80 Å². The van der Waals surface area contributed by atoms with E-state index in [1.54, 1.807) is 0 Å². The third-order valence-corrected chi connectivity index (χ3v) is 5.81. The molecule has 3 fully saturated rings. The maximum absolute atomic E-state index is 6.52. The van der Waals surface area contributed by atoms with Crippen molar-refractivity contribution in [2.24, 2.45) is 5.73 Å². The number of hydrogen-bond acceptors (Lipinski definition) is 3. The van der Waals surface area contributed by atoms with Crippen molar-refractivity contribution in [3.63, 3.8) is 0 Å². The second kappa shape index (κ2) is 5.71. The molecular formula is C16H31N3. The molecule has 0 amide bonds. The van der Waals surface area contributed by atoms with Gasteiger partial charge in [0.25, 0.3) is 0 Å². The molecule has 3 aliphatic rings. The van der Waals surface area contributed by atoms with Crippen LogP contribution >= 0.6 is 0 Å². The largest absolute Gasteiger partial charge is 0.325 e. The van der Waals surface area contributed by atoms with Crippen molar-refractivity contribution in [2.75, 3.05) is 26.2 Å². The number of rotatable bonds is 3. The third-order valence-electron chi connectivity index (χ3n) is 5.81. The molecule has 2 saturated heterocycles. The minimum Gasteiger partial charge on any atom is -0.325 e. The van der Waals surface area contributed by atoms with Crippen molar-refractivity contribution in [1.29, 1.82) is 0 Å². The van der Waals surface area contributed by atoms with E-state index in [0.29, 0.717) is 0 Å². The predicted octanol–water partition coefficient (Wildman–Crippen LogP) is 2.21. The van der Waals surface area contributed by atoms with Gasteiger partial charge in [0.15, 0.2) is 0 Å². The van der Waals surface area contributed by atoms with E-state index in [2.05, 4.69) is 16.7 Å². The summed E-state index contributed by atoms with van der Waals surface area (Å²) in [5.41, 5.74) is 6.69. The Hall–Kier alpha value is -0.120. The van der Waals surface area contributed by atoms with Crippen LogP contribution in [0.1, 0.15) is 58.3 Å². The van der Waals surface area contributed by atoms with Gasteiger partial charge in [-0.3, -0.25) is 9.80 Å². The fourth-order valence-electron chi connectivity index (χ4n) is 4.42. The zero-order chi connectivity index (χ0) is 13.3. The maximum atomic E-state index is 6.52. The summed E-state index contributed by atoms with van der Waals surface area (Å²) in [6, 6.07) is 1.56. The van der Waals surface area contributed by atoms with E-state index in [-0.39, 0.29) is 5.54 Å². The van der Waals surface area contributed by atoms with E-state index in [4.69, 9.17) is 5.73 Å². The molecule has 0 aromatic rings. The van der Waals surface area contributed by atoms with Crippen LogP contribution in [-0.4, -0.2) is 53.6 Å². The van der Waals surface area contributed by atoms with Crippen LogP contribution in [-0.2, 0) is 0 Å². The fourth-order valence-corrected chi connectivity index (χ4v) is 4.42. The number of hydrogen-bond donors (Lipinski definition) is 1. The number of piperidine rings is 1. The minimum atomic E-state index is 0.170. The lowest BCUT2D eigenvalue weighted by molar-refractivity contribution is 0.0121. The van der Waals surface area contributed by atoms with Crippen LogP contribution in [0.4, 0.5) is 0 Å². The topological polar surface area (TPSA) is 32.5 Å². The van der Waals surface area contributed by atoms with E-state index < -0.39 is 0 Å². The van der Waals surface area contributed by atoms with Crippen LogP contribution in [0, 0.1) is 0 Å². The van der Waals surface area contributed by atoms with Crippen molar-refractivity contribution < 1.29 is 0 Å². The van der Waals surface area contributed by atoms with Crippen LogP contribution in [0.25, 0.3) is 0 Å². The van der Waals surface area contributed by atoms with Gasteiger partial charge in [0, 0.05) is 37.3 Å². The van der Waals surface area contributed by atoms with Gasteiger partial charge in [0.2, 0.25) is 0 Å². The number of piperazine rings is 1. The lowest BCUT2D eigenvalue weighted by Gasteiger charge is -2.48. The monoisotopic (exact) mass is 265 g/mol. The smallest absolute Gasteiger partial charge is 0.0223 e. The van der Waals surface area contributed by atoms with Crippen molar-refractivity contribution in [2.45, 2.75) is 75.9 Å². The number of fused-ring (bicyclic) bond motifs is 1. The lowest BCUT2D eigenvalue weighted by Crippen LogP contribution is -2.59. The van der Waals surface area contributed by atoms with Crippen LogP contribution < -0.4 is 5.73 Å². The van der Waals surface area contributed by atoms with Gasteiger partial charge in [-0.2, -0.15) is 0 Å². The van der Waals surface area contributed by atoms with Crippen LogP contribution in [0.5, 0.6) is 0 Å². The van der Waals surface area contributed by atoms with Gasteiger partial charge in [-0.15, -0.1) is 0 Å². The SMILES string of the molecule is CC1CN2CCCCC2CN1CCC1(N)CCCC1. The second-order valence-electron chi connectivity index (χ2n) is 7.31. The summed E-state index contributed by atoms with van der Waals surface area (Å²) in [4.78, 5) is 5.46. The Morgan fingerprint density at radius 2 is 1.89 bits per heavy atom. The molecule has 2 aliphatic heterocycles. The van der Waals surface area contributed by atoms with Crippen molar-refractivity contribution in [3.8, 4) is 0 Å². The normalized spacial score (nSPS) is 36.3. The summed E-state index contributed by atoms with van der Waals surface area (Å²) in [5.74, 6) is 0. The molecule has 2 N–H and O–H groups in total. The average Bonchev–Trinajstić information content (AvgIpc) is 2.84. The van der Waals surface area contributed by atoms with E-state index in [0.717, 1.165) is 12.1 Å². The fraction of sp³-hybridized carbons (Fsp3) is 1.00. The first-order valence-electron chi connectivity index (χ1n) is 8.43. The van der Waals surface area contributed by atoms with Gasteiger partial charge in [0.1, 0.15) is 0 Å². The Kier molecular flexibility index (Phi) is 4.16. The highest BCUT2D eigenvalue weighted by Gasteiger charge is 2.35. The number of nitrogens with two attached hydrogens (primary N) is 1. The van der Waals surface area contributed by atoms with Crippen LogP contribution in [0.15, 0.2) is 0 Å². The molecule has 2 atom stereocenters. The van der Waals surface area contributed by atoms with Gasteiger partial charge in [-0.25, -0.2) is 0 Å². The minimum absolute atomic E-state index is 0.170. The molecule has 3 nitrogen and oxygen atoms in total. The highest BCUT2D eigenvalue weighted by molar-refractivity contribution is 4.93. The highest BCUT2D eigenvalue weighted by atomic mass is 15.3. The van der Waals surface area contributed by atoms with Gasteiger partial charge in [0.05, 0.1) is 0 Å². The molecule has 2 heterocycles. The molecular weight excluding hydrogens is 234 g/mol. The number of nitrogens with zero attached hydrogens (tertiary/aromatic N) is 2. The molecule has 0 spiro atoms. The van der Waals surface area contributed by atoms with Gasteiger partial charge >= 0.3 is 0 Å².